The Labute approximate surface area is 85.1 Å². The molecular weight excluding hydrogens is 180 g/mol. The summed E-state index contributed by atoms with van der Waals surface area (Å²) in [5.74, 6) is 0.0963. The summed E-state index contributed by atoms with van der Waals surface area (Å²) in [7, 11) is 0. The van der Waals surface area contributed by atoms with Gasteiger partial charge in [0.15, 0.2) is 0 Å². The lowest BCUT2D eigenvalue weighted by atomic mass is 9.97. The van der Waals surface area contributed by atoms with Crippen LogP contribution in [0.25, 0.3) is 0 Å². The Morgan fingerprint density at radius 2 is 2.21 bits per heavy atom. The zero-order valence-electron chi connectivity index (χ0n) is 8.97. The minimum atomic E-state index is -0.619. The van der Waals surface area contributed by atoms with E-state index in [9.17, 15) is 9.90 Å². The molecule has 0 aromatic carbocycles. The predicted octanol–water partition coefficient (Wildman–Crippen LogP) is 0.0156. The molecule has 1 aliphatic rings. The van der Waals surface area contributed by atoms with Crippen LogP contribution in [0, 0.1) is 0 Å². The average Bonchev–Trinajstić information content (AvgIpc) is 2.61. The minimum Gasteiger partial charge on any atom is -0.389 e. The lowest BCUT2D eigenvalue weighted by Crippen LogP contribution is -2.44. The first-order valence-corrected chi connectivity index (χ1v) is 5.32. The topological polar surface area (TPSA) is 61.4 Å². The second-order valence-electron chi connectivity index (χ2n) is 4.02. The molecule has 0 spiro atoms. The van der Waals surface area contributed by atoms with Gasteiger partial charge in [-0.3, -0.25) is 4.79 Å². The number of carbonyl (C=O) groups is 1. The van der Waals surface area contributed by atoms with Crippen molar-refractivity contribution in [3.8, 4) is 0 Å². The normalized spacial score (nSPS) is 22.5. The van der Waals surface area contributed by atoms with Crippen LogP contribution in [-0.4, -0.2) is 35.7 Å². The van der Waals surface area contributed by atoms with Gasteiger partial charge in [-0.05, 0) is 12.8 Å². The molecule has 82 valence electrons. The van der Waals surface area contributed by atoms with Crippen molar-refractivity contribution in [2.45, 2.75) is 44.8 Å². The van der Waals surface area contributed by atoms with Crippen molar-refractivity contribution < 1.29 is 9.90 Å². The highest BCUT2D eigenvalue weighted by Gasteiger charge is 2.26. The Kier molecular flexibility index (Phi) is 3.89. The summed E-state index contributed by atoms with van der Waals surface area (Å²) in [6, 6.07) is 0.187. The number of nitrogens with one attached hydrogen (secondary N) is 2. The van der Waals surface area contributed by atoms with E-state index in [4.69, 9.17) is 0 Å². The van der Waals surface area contributed by atoms with Crippen LogP contribution in [0.3, 0.4) is 0 Å². The number of rotatable bonds is 5. The van der Waals surface area contributed by atoms with E-state index in [1.54, 1.807) is 0 Å². The van der Waals surface area contributed by atoms with Crippen molar-refractivity contribution in [1.82, 2.24) is 10.6 Å². The van der Waals surface area contributed by atoms with Gasteiger partial charge in [0.1, 0.15) is 0 Å². The van der Waals surface area contributed by atoms with Crippen LogP contribution < -0.4 is 10.6 Å². The fourth-order valence-electron chi connectivity index (χ4n) is 1.58. The molecule has 0 aliphatic carbocycles. The molecule has 1 aliphatic heterocycles. The Hall–Kier alpha value is -0.610. The summed E-state index contributed by atoms with van der Waals surface area (Å²) >= 11 is 0. The largest absolute Gasteiger partial charge is 0.389 e. The molecule has 3 N–H and O–H groups in total. The molecule has 1 rings (SSSR count). The van der Waals surface area contributed by atoms with E-state index in [-0.39, 0.29) is 11.9 Å². The van der Waals surface area contributed by atoms with Gasteiger partial charge in [-0.15, -0.1) is 0 Å². The summed E-state index contributed by atoms with van der Waals surface area (Å²) in [6.07, 6.45) is 2.01. The highest BCUT2D eigenvalue weighted by Crippen LogP contribution is 2.13. The van der Waals surface area contributed by atoms with Crippen molar-refractivity contribution in [3.63, 3.8) is 0 Å². The molecule has 4 heteroatoms. The predicted molar refractivity (Wildman–Crippen MR) is 54.9 cm³/mol. The maximum atomic E-state index is 10.9. The fraction of sp³-hybridized carbons (Fsp3) is 0.900. The highest BCUT2D eigenvalue weighted by molar-refractivity contribution is 5.78. The first kappa shape index (κ1) is 11.5. The Morgan fingerprint density at radius 1 is 1.57 bits per heavy atom. The summed E-state index contributed by atoms with van der Waals surface area (Å²) in [4.78, 5) is 10.9. The number of hydrogen-bond donors (Lipinski definition) is 3. The maximum absolute atomic E-state index is 10.9. The summed E-state index contributed by atoms with van der Waals surface area (Å²) in [6.45, 7) is 5.20. The number of aliphatic hydroxyl groups is 1. The quantitative estimate of drug-likeness (QED) is 0.586. The molecule has 4 nitrogen and oxygen atoms in total. The molecule has 1 unspecified atom stereocenters. The Morgan fingerprint density at radius 3 is 2.64 bits per heavy atom. The van der Waals surface area contributed by atoms with Crippen molar-refractivity contribution in [2.75, 3.05) is 13.1 Å². The summed E-state index contributed by atoms with van der Waals surface area (Å²) < 4.78 is 0. The molecule has 1 fully saturated rings. The van der Waals surface area contributed by atoms with Gasteiger partial charge in [0.05, 0.1) is 5.60 Å². The van der Waals surface area contributed by atoms with Crippen LogP contribution in [0.15, 0.2) is 0 Å². The zero-order chi connectivity index (χ0) is 10.6. The molecule has 14 heavy (non-hydrogen) atoms. The Bertz CT molecular complexity index is 202. The smallest absolute Gasteiger partial charge is 0.221 e. The van der Waals surface area contributed by atoms with E-state index < -0.39 is 5.60 Å². The first-order valence-electron chi connectivity index (χ1n) is 5.32. The third kappa shape index (κ3) is 2.96. The molecule has 1 heterocycles. The van der Waals surface area contributed by atoms with Crippen LogP contribution >= 0.6 is 0 Å². The first-order chi connectivity index (χ1) is 6.59. The third-order valence-electron chi connectivity index (χ3n) is 3.01. The van der Waals surface area contributed by atoms with Crippen LogP contribution in [0.1, 0.15) is 33.1 Å². The van der Waals surface area contributed by atoms with Crippen LogP contribution in [-0.2, 0) is 4.79 Å². The van der Waals surface area contributed by atoms with E-state index in [2.05, 4.69) is 10.6 Å². The molecule has 1 saturated heterocycles. The molecule has 0 radical (unpaired) electrons. The highest BCUT2D eigenvalue weighted by atomic mass is 16.3. The van der Waals surface area contributed by atoms with Gasteiger partial charge in [0.25, 0.3) is 0 Å². The monoisotopic (exact) mass is 200 g/mol. The van der Waals surface area contributed by atoms with E-state index in [0.29, 0.717) is 19.5 Å². The Balaban J connectivity index is 2.29. The average molecular weight is 200 g/mol. The van der Waals surface area contributed by atoms with Crippen molar-refractivity contribution in [2.24, 2.45) is 0 Å². The van der Waals surface area contributed by atoms with Gasteiger partial charge < -0.3 is 15.7 Å². The lowest BCUT2D eigenvalue weighted by molar-refractivity contribution is -0.119. The third-order valence-corrected chi connectivity index (χ3v) is 3.01. The zero-order valence-corrected chi connectivity index (χ0v) is 8.97. The molecule has 0 bridgehead atoms. The summed E-state index contributed by atoms with van der Waals surface area (Å²) in [5.41, 5.74) is -0.619. The van der Waals surface area contributed by atoms with Crippen molar-refractivity contribution >= 4 is 5.91 Å². The van der Waals surface area contributed by atoms with Crippen molar-refractivity contribution in [1.29, 1.82) is 0 Å². The minimum absolute atomic E-state index is 0.0963. The van der Waals surface area contributed by atoms with Gasteiger partial charge in [-0.1, -0.05) is 13.8 Å². The molecule has 0 aromatic rings. The second kappa shape index (κ2) is 4.75. The van der Waals surface area contributed by atoms with Crippen LogP contribution in [0.5, 0.6) is 0 Å². The van der Waals surface area contributed by atoms with E-state index in [0.717, 1.165) is 12.8 Å². The molecule has 0 saturated carbocycles. The van der Waals surface area contributed by atoms with Gasteiger partial charge in [0, 0.05) is 25.6 Å². The summed E-state index contributed by atoms with van der Waals surface area (Å²) in [5, 5.41) is 16.0. The maximum Gasteiger partial charge on any atom is 0.221 e. The number of amides is 1. The van der Waals surface area contributed by atoms with Crippen LogP contribution in [0.4, 0.5) is 0 Å². The SMILES string of the molecule is CCC(O)(CC)CNC1CNC(=O)C1. The van der Waals surface area contributed by atoms with Crippen molar-refractivity contribution in [3.05, 3.63) is 0 Å². The standard InChI is InChI=1S/C10H20N2O2/c1-3-10(14,4-2)7-12-8-5-9(13)11-6-8/h8,12,14H,3-7H2,1-2H3,(H,11,13). The fourth-order valence-corrected chi connectivity index (χ4v) is 1.58. The molecule has 0 aromatic heterocycles. The molecule has 1 amide bonds. The lowest BCUT2D eigenvalue weighted by Gasteiger charge is -2.27. The molecular formula is C10H20N2O2. The van der Waals surface area contributed by atoms with Gasteiger partial charge >= 0.3 is 0 Å². The van der Waals surface area contributed by atoms with E-state index in [1.165, 1.54) is 0 Å². The van der Waals surface area contributed by atoms with Gasteiger partial charge in [0.2, 0.25) is 5.91 Å². The van der Waals surface area contributed by atoms with Gasteiger partial charge in [-0.2, -0.15) is 0 Å². The van der Waals surface area contributed by atoms with Gasteiger partial charge in [-0.25, -0.2) is 0 Å². The van der Waals surface area contributed by atoms with E-state index in [1.807, 2.05) is 13.8 Å². The number of carbonyl (C=O) groups excluding carboxylic acids is 1. The van der Waals surface area contributed by atoms with E-state index >= 15 is 0 Å². The van der Waals surface area contributed by atoms with Crippen LogP contribution in [0.2, 0.25) is 0 Å². The molecule has 1 atom stereocenters. The second-order valence-corrected chi connectivity index (χ2v) is 4.02. The number of hydrogen-bond acceptors (Lipinski definition) is 3.